The molecule has 0 atom stereocenters. The van der Waals surface area contributed by atoms with Crippen LogP contribution in [0.15, 0.2) is 52.1 Å². The molecule has 146 valence electrons. The first-order valence-corrected chi connectivity index (χ1v) is 10.5. The van der Waals surface area contributed by atoms with Crippen molar-refractivity contribution in [3.63, 3.8) is 0 Å². The number of ether oxygens (including phenoxy) is 1. The van der Waals surface area contributed by atoms with Crippen molar-refractivity contribution in [1.29, 1.82) is 0 Å². The lowest BCUT2D eigenvalue weighted by atomic mass is 10.1. The van der Waals surface area contributed by atoms with Crippen molar-refractivity contribution in [2.75, 3.05) is 11.1 Å². The minimum absolute atomic E-state index is 0.0941. The summed E-state index contributed by atoms with van der Waals surface area (Å²) in [5, 5.41) is 11.9. The maximum absolute atomic E-state index is 12.1. The second-order valence-electron chi connectivity index (χ2n) is 6.36. The Hall–Kier alpha value is -2.32. The fourth-order valence-electron chi connectivity index (χ4n) is 2.56. The second-order valence-corrected chi connectivity index (χ2v) is 8.22. The number of anilines is 1. The van der Waals surface area contributed by atoms with Crippen molar-refractivity contribution in [3.05, 3.63) is 63.9 Å². The van der Waals surface area contributed by atoms with Gasteiger partial charge in [0.25, 0.3) is 0 Å². The summed E-state index contributed by atoms with van der Waals surface area (Å²) in [6.07, 6.45) is 0. The van der Waals surface area contributed by atoms with Crippen molar-refractivity contribution < 1.29 is 9.53 Å². The summed E-state index contributed by atoms with van der Waals surface area (Å²) in [7, 11) is 1.87. The molecule has 6 nitrogen and oxygen atoms in total. The van der Waals surface area contributed by atoms with Gasteiger partial charge < -0.3 is 14.6 Å². The Balaban J connectivity index is 1.54. The molecule has 3 rings (SSSR count). The molecule has 28 heavy (non-hydrogen) atoms. The molecule has 2 aromatic carbocycles. The topological polar surface area (TPSA) is 69.0 Å². The highest BCUT2D eigenvalue weighted by Gasteiger charge is 2.12. The first-order chi connectivity index (χ1) is 13.4. The molecule has 0 bridgehead atoms. The van der Waals surface area contributed by atoms with Gasteiger partial charge in [-0.25, -0.2) is 0 Å². The summed E-state index contributed by atoms with van der Waals surface area (Å²) in [6, 6.07) is 13.5. The molecular formula is C20H21BrN4O2S. The number of aryl methyl sites for hydroxylation is 2. The number of hydrogen-bond acceptors (Lipinski definition) is 5. The molecule has 0 aliphatic carbocycles. The number of rotatable bonds is 7. The number of carbonyl (C=O) groups excluding carboxylic acids is 1. The van der Waals surface area contributed by atoms with E-state index in [9.17, 15) is 4.79 Å². The summed E-state index contributed by atoms with van der Waals surface area (Å²) in [5.41, 5.74) is 3.04. The van der Waals surface area contributed by atoms with Crippen LogP contribution in [0.4, 0.5) is 5.69 Å². The maximum Gasteiger partial charge on any atom is 0.234 e. The number of amides is 1. The first-order valence-electron chi connectivity index (χ1n) is 8.69. The van der Waals surface area contributed by atoms with Crippen LogP contribution in [0, 0.1) is 13.8 Å². The van der Waals surface area contributed by atoms with Crippen molar-refractivity contribution >= 4 is 39.3 Å². The maximum atomic E-state index is 12.1. The Morgan fingerprint density at radius 3 is 2.64 bits per heavy atom. The number of hydrogen-bond donors (Lipinski definition) is 1. The van der Waals surface area contributed by atoms with Gasteiger partial charge in [0.2, 0.25) is 5.91 Å². The van der Waals surface area contributed by atoms with Gasteiger partial charge in [-0.2, -0.15) is 0 Å². The van der Waals surface area contributed by atoms with E-state index in [0.29, 0.717) is 17.6 Å². The zero-order valence-corrected chi connectivity index (χ0v) is 18.3. The summed E-state index contributed by atoms with van der Waals surface area (Å²) in [6.45, 7) is 4.39. The van der Waals surface area contributed by atoms with E-state index in [1.54, 1.807) is 0 Å². The molecule has 0 saturated carbocycles. The van der Waals surface area contributed by atoms with Crippen LogP contribution >= 0.6 is 27.7 Å². The lowest BCUT2D eigenvalue weighted by molar-refractivity contribution is -0.113. The van der Waals surface area contributed by atoms with Crippen LogP contribution in [0.2, 0.25) is 0 Å². The standard InChI is InChI=1S/C20H21BrN4O2S/c1-13-4-9-17(14(2)10-13)27-11-18-23-24-20(25(18)3)28-12-19(26)22-16-7-5-15(21)6-8-16/h4-10H,11-12H2,1-3H3,(H,22,26). The molecule has 0 aliphatic rings. The molecule has 1 amide bonds. The SMILES string of the molecule is Cc1ccc(OCc2nnc(SCC(=O)Nc3ccc(Br)cc3)n2C)c(C)c1. The molecule has 0 fully saturated rings. The van der Waals surface area contributed by atoms with Crippen LogP contribution in [-0.4, -0.2) is 26.4 Å². The van der Waals surface area contributed by atoms with Crippen LogP contribution < -0.4 is 10.1 Å². The third-order valence-corrected chi connectivity index (χ3v) is 5.62. The molecule has 0 unspecified atom stereocenters. The Morgan fingerprint density at radius 2 is 1.93 bits per heavy atom. The van der Waals surface area contributed by atoms with Crippen LogP contribution in [0.1, 0.15) is 17.0 Å². The average Bonchev–Trinajstić information content (AvgIpc) is 3.01. The minimum Gasteiger partial charge on any atom is -0.485 e. The van der Waals surface area contributed by atoms with Gasteiger partial charge in [0.05, 0.1) is 5.75 Å². The van der Waals surface area contributed by atoms with Gasteiger partial charge in [0.15, 0.2) is 11.0 Å². The van der Waals surface area contributed by atoms with E-state index >= 15 is 0 Å². The number of thioether (sulfide) groups is 1. The number of nitrogens with zero attached hydrogens (tertiary/aromatic N) is 3. The van der Waals surface area contributed by atoms with Gasteiger partial charge in [0.1, 0.15) is 12.4 Å². The minimum atomic E-state index is -0.0941. The molecule has 1 aromatic heterocycles. The molecule has 0 aliphatic heterocycles. The van der Waals surface area contributed by atoms with Crippen molar-refractivity contribution in [3.8, 4) is 5.75 Å². The molecule has 0 saturated heterocycles. The summed E-state index contributed by atoms with van der Waals surface area (Å²) < 4.78 is 8.69. The first kappa shape index (κ1) is 20.4. The van der Waals surface area contributed by atoms with E-state index in [-0.39, 0.29) is 11.7 Å². The predicted octanol–water partition coefficient (Wildman–Crippen LogP) is 4.50. The number of nitrogens with one attached hydrogen (secondary N) is 1. The molecule has 1 heterocycles. The molecule has 0 radical (unpaired) electrons. The highest BCUT2D eigenvalue weighted by molar-refractivity contribution is 9.10. The normalized spacial score (nSPS) is 10.7. The fraction of sp³-hybridized carbons (Fsp3) is 0.250. The van der Waals surface area contributed by atoms with E-state index in [4.69, 9.17) is 4.74 Å². The Labute approximate surface area is 176 Å². The zero-order valence-electron chi connectivity index (χ0n) is 15.9. The summed E-state index contributed by atoms with van der Waals surface area (Å²) >= 11 is 4.71. The van der Waals surface area contributed by atoms with E-state index < -0.39 is 0 Å². The lowest BCUT2D eigenvalue weighted by Gasteiger charge is -2.09. The van der Waals surface area contributed by atoms with Gasteiger partial charge in [-0.15, -0.1) is 10.2 Å². The van der Waals surface area contributed by atoms with Gasteiger partial charge in [-0.05, 0) is 49.7 Å². The van der Waals surface area contributed by atoms with E-state index in [0.717, 1.165) is 21.5 Å². The third kappa shape index (κ3) is 5.36. The number of benzene rings is 2. The zero-order chi connectivity index (χ0) is 20.1. The van der Waals surface area contributed by atoms with Crippen LogP contribution in [-0.2, 0) is 18.4 Å². The average molecular weight is 461 g/mol. The third-order valence-electron chi connectivity index (χ3n) is 4.07. The van der Waals surface area contributed by atoms with E-state index in [2.05, 4.69) is 44.4 Å². The molecular weight excluding hydrogens is 440 g/mol. The number of carbonyl (C=O) groups is 1. The molecule has 0 spiro atoms. The van der Waals surface area contributed by atoms with Gasteiger partial charge in [0, 0.05) is 17.2 Å². The smallest absolute Gasteiger partial charge is 0.234 e. The van der Waals surface area contributed by atoms with Crippen molar-refractivity contribution in [2.45, 2.75) is 25.6 Å². The van der Waals surface area contributed by atoms with Crippen molar-refractivity contribution in [2.24, 2.45) is 7.05 Å². The fourth-order valence-corrected chi connectivity index (χ4v) is 3.55. The largest absolute Gasteiger partial charge is 0.485 e. The van der Waals surface area contributed by atoms with E-state index in [1.165, 1.54) is 17.3 Å². The second kappa shape index (κ2) is 9.25. The van der Waals surface area contributed by atoms with Crippen molar-refractivity contribution in [1.82, 2.24) is 14.8 Å². The molecule has 3 aromatic rings. The Kier molecular flexibility index (Phi) is 6.74. The van der Waals surface area contributed by atoms with Gasteiger partial charge in [-0.1, -0.05) is 45.4 Å². The van der Waals surface area contributed by atoms with E-state index in [1.807, 2.05) is 54.9 Å². The number of aromatic nitrogens is 3. The molecule has 8 heteroatoms. The van der Waals surface area contributed by atoms with Crippen LogP contribution in [0.5, 0.6) is 5.75 Å². The van der Waals surface area contributed by atoms with Crippen LogP contribution in [0.3, 0.4) is 0 Å². The number of halogens is 1. The quantitative estimate of drug-likeness (QED) is 0.525. The monoisotopic (exact) mass is 460 g/mol. The van der Waals surface area contributed by atoms with Crippen LogP contribution in [0.25, 0.3) is 0 Å². The Bertz CT molecular complexity index is 973. The highest BCUT2D eigenvalue weighted by atomic mass is 79.9. The van der Waals surface area contributed by atoms with Gasteiger partial charge >= 0.3 is 0 Å². The highest BCUT2D eigenvalue weighted by Crippen LogP contribution is 2.21. The summed E-state index contributed by atoms with van der Waals surface area (Å²) in [4.78, 5) is 12.1. The predicted molar refractivity (Wildman–Crippen MR) is 115 cm³/mol. The van der Waals surface area contributed by atoms with Gasteiger partial charge in [-0.3, -0.25) is 4.79 Å². The summed E-state index contributed by atoms with van der Waals surface area (Å²) in [5.74, 6) is 1.69. The molecule has 1 N–H and O–H groups in total. The lowest BCUT2D eigenvalue weighted by Crippen LogP contribution is -2.14. The Morgan fingerprint density at radius 1 is 1.18 bits per heavy atom.